The Morgan fingerprint density at radius 2 is 2.00 bits per heavy atom. The molecule has 2 aliphatic heterocycles. The molecular weight excluding hydrogens is 272 g/mol. The molecule has 0 spiro atoms. The number of sulfonamides is 1. The van der Waals surface area contributed by atoms with Gasteiger partial charge >= 0.3 is 6.03 Å². The molecule has 108 valence electrons. The molecule has 1 atom stereocenters. The Morgan fingerprint density at radius 3 is 2.47 bits per heavy atom. The average molecular weight is 290 g/mol. The van der Waals surface area contributed by atoms with Crippen LogP contribution < -0.4 is 16.0 Å². The number of piperidine rings is 1. The summed E-state index contributed by atoms with van der Waals surface area (Å²) in [6.07, 6.45) is 2.37. The van der Waals surface area contributed by atoms with Crippen molar-refractivity contribution < 1.29 is 18.0 Å². The van der Waals surface area contributed by atoms with E-state index in [9.17, 15) is 18.0 Å². The van der Waals surface area contributed by atoms with Crippen LogP contribution in [0.25, 0.3) is 0 Å². The van der Waals surface area contributed by atoms with Crippen molar-refractivity contribution >= 4 is 22.0 Å². The smallest absolute Gasteiger partial charge is 0.315 e. The van der Waals surface area contributed by atoms with Gasteiger partial charge in [-0.15, -0.1) is 0 Å². The first kappa shape index (κ1) is 14.1. The molecule has 0 bridgehead atoms. The molecule has 2 aliphatic rings. The Bertz CT molecular complexity index is 470. The molecule has 1 unspecified atom stereocenters. The van der Waals surface area contributed by atoms with Gasteiger partial charge < -0.3 is 16.0 Å². The highest BCUT2D eigenvalue weighted by molar-refractivity contribution is 7.88. The molecular formula is C10H18N4O4S. The zero-order valence-electron chi connectivity index (χ0n) is 10.7. The second kappa shape index (κ2) is 5.33. The quantitative estimate of drug-likeness (QED) is 0.570. The maximum atomic E-state index is 11.8. The molecule has 0 aromatic carbocycles. The lowest BCUT2D eigenvalue weighted by atomic mass is 10.1. The summed E-state index contributed by atoms with van der Waals surface area (Å²) < 4.78 is 24.1. The minimum absolute atomic E-state index is 0.0389. The highest BCUT2D eigenvalue weighted by atomic mass is 32.2. The van der Waals surface area contributed by atoms with Crippen LogP contribution in [0.3, 0.4) is 0 Å². The average Bonchev–Trinajstić information content (AvgIpc) is 2.75. The number of amides is 3. The summed E-state index contributed by atoms with van der Waals surface area (Å²) in [5.74, 6) is -0.226. The predicted molar refractivity (Wildman–Crippen MR) is 67.9 cm³/mol. The molecule has 3 amide bonds. The van der Waals surface area contributed by atoms with Crippen LogP contribution in [-0.4, -0.2) is 62.6 Å². The Labute approximate surface area is 112 Å². The van der Waals surface area contributed by atoms with Crippen LogP contribution in [0.2, 0.25) is 0 Å². The van der Waals surface area contributed by atoms with E-state index in [1.54, 1.807) is 0 Å². The molecule has 2 heterocycles. The van der Waals surface area contributed by atoms with Gasteiger partial charge in [0.15, 0.2) is 0 Å². The van der Waals surface area contributed by atoms with Crippen molar-refractivity contribution in [1.82, 2.24) is 20.3 Å². The van der Waals surface area contributed by atoms with Gasteiger partial charge in [0, 0.05) is 25.7 Å². The number of urea groups is 1. The Kier molecular flexibility index (Phi) is 3.95. The Morgan fingerprint density at radius 1 is 1.37 bits per heavy atom. The number of carbonyl (C=O) groups excluding carboxylic acids is 2. The van der Waals surface area contributed by atoms with E-state index in [0.29, 0.717) is 25.9 Å². The van der Waals surface area contributed by atoms with E-state index in [-0.39, 0.29) is 24.5 Å². The van der Waals surface area contributed by atoms with Gasteiger partial charge in [0.05, 0.1) is 6.26 Å². The molecule has 8 nitrogen and oxygen atoms in total. The van der Waals surface area contributed by atoms with Gasteiger partial charge in [-0.2, -0.15) is 0 Å². The van der Waals surface area contributed by atoms with E-state index in [1.165, 1.54) is 10.6 Å². The van der Waals surface area contributed by atoms with Gasteiger partial charge in [0.1, 0.15) is 6.04 Å². The lowest BCUT2D eigenvalue weighted by Crippen LogP contribution is -2.51. The summed E-state index contributed by atoms with van der Waals surface area (Å²) in [6, 6.07) is -0.921. The normalized spacial score (nSPS) is 25.7. The lowest BCUT2D eigenvalue weighted by Gasteiger charge is -2.31. The van der Waals surface area contributed by atoms with E-state index in [1.807, 2.05) is 0 Å². The number of hydrogen-bond donors (Lipinski definition) is 3. The van der Waals surface area contributed by atoms with Gasteiger partial charge in [0.25, 0.3) is 0 Å². The number of nitrogens with one attached hydrogen (secondary N) is 3. The third kappa shape index (κ3) is 3.57. The van der Waals surface area contributed by atoms with E-state index >= 15 is 0 Å². The Balaban J connectivity index is 1.79. The van der Waals surface area contributed by atoms with Crippen LogP contribution in [0.4, 0.5) is 4.79 Å². The molecule has 19 heavy (non-hydrogen) atoms. The topological polar surface area (TPSA) is 108 Å². The van der Waals surface area contributed by atoms with Crippen LogP contribution in [0, 0.1) is 0 Å². The van der Waals surface area contributed by atoms with Crippen molar-refractivity contribution in [2.24, 2.45) is 0 Å². The minimum Gasteiger partial charge on any atom is -0.351 e. The highest BCUT2D eigenvalue weighted by Crippen LogP contribution is 2.13. The minimum atomic E-state index is -3.15. The molecule has 2 fully saturated rings. The first-order valence-electron chi connectivity index (χ1n) is 6.16. The lowest BCUT2D eigenvalue weighted by molar-refractivity contribution is -0.123. The second-order valence-electron chi connectivity index (χ2n) is 4.85. The number of rotatable bonds is 3. The van der Waals surface area contributed by atoms with Crippen LogP contribution in [-0.2, 0) is 14.8 Å². The molecule has 0 aromatic rings. The van der Waals surface area contributed by atoms with Crippen molar-refractivity contribution in [3.8, 4) is 0 Å². The van der Waals surface area contributed by atoms with E-state index in [2.05, 4.69) is 16.0 Å². The van der Waals surface area contributed by atoms with Gasteiger partial charge in [0.2, 0.25) is 15.9 Å². The van der Waals surface area contributed by atoms with Crippen molar-refractivity contribution in [3.05, 3.63) is 0 Å². The molecule has 2 saturated heterocycles. The van der Waals surface area contributed by atoms with Crippen molar-refractivity contribution in [3.63, 3.8) is 0 Å². The summed E-state index contributed by atoms with van der Waals surface area (Å²) in [4.78, 5) is 22.8. The number of hydrogen-bond acceptors (Lipinski definition) is 4. The van der Waals surface area contributed by atoms with Crippen molar-refractivity contribution in [2.75, 3.05) is 25.9 Å². The number of nitrogens with zero attached hydrogens (tertiary/aromatic N) is 1. The van der Waals surface area contributed by atoms with E-state index in [4.69, 9.17) is 0 Å². The summed E-state index contributed by atoms with van der Waals surface area (Å²) in [7, 11) is -3.15. The summed E-state index contributed by atoms with van der Waals surface area (Å²) >= 11 is 0. The first-order chi connectivity index (χ1) is 8.86. The second-order valence-corrected chi connectivity index (χ2v) is 6.83. The summed E-state index contributed by atoms with van der Waals surface area (Å²) in [5, 5.41) is 7.86. The fourth-order valence-electron chi connectivity index (χ4n) is 2.25. The third-order valence-electron chi connectivity index (χ3n) is 3.36. The van der Waals surface area contributed by atoms with Crippen molar-refractivity contribution in [1.29, 1.82) is 0 Å². The molecule has 2 rings (SSSR count). The third-order valence-corrected chi connectivity index (χ3v) is 4.66. The molecule has 3 N–H and O–H groups in total. The number of carbonyl (C=O) groups is 2. The maximum absolute atomic E-state index is 11.8. The molecule has 0 aromatic heterocycles. The van der Waals surface area contributed by atoms with Crippen LogP contribution in [0.5, 0.6) is 0 Å². The summed E-state index contributed by atoms with van der Waals surface area (Å²) in [6.45, 7) is 1.12. The Hall–Kier alpha value is -1.35. The zero-order valence-corrected chi connectivity index (χ0v) is 11.5. The predicted octanol–water partition coefficient (Wildman–Crippen LogP) is -1.79. The van der Waals surface area contributed by atoms with E-state index < -0.39 is 16.1 Å². The first-order valence-corrected chi connectivity index (χ1v) is 8.01. The molecule has 9 heteroatoms. The summed E-state index contributed by atoms with van der Waals surface area (Å²) in [5.41, 5.74) is 0. The SMILES string of the molecule is CS(=O)(=O)N1CCC(NC(=O)C2CNC(=O)N2)CC1. The van der Waals surface area contributed by atoms with Crippen LogP contribution in [0.1, 0.15) is 12.8 Å². The van der Waals surface area contributed by atoms with Gasteiger partial charge in [-0.1, -0.05) is 0 Å². The van der Waals surface area contributed by atoms with Gasteiger partial charge in [-0.3, -0.25) is 4.79 Å². The standard InChI is InChI=1S/C10H18N4O4S/c1-19(17,18)14-4-2-7(3-5-14)12-9(15)8-6-11-10(16)13-8/h7-8H,2-6H2,1H3,(H,12,15)(H2,11,13,16). The van der Waals surface area contributed by atoms with Crippen LogP contribution in [0.15, 0.2) is 0 Å². The fraction of sp³-hybridized carbons (Fsp3) is 0.800. The fourth-order valence-corrected chi connectivity index (χ4v) is 3.12. The monoisotopic (exact) mass is 290 g/mol. The largest absolute Gasteiger partial charge is 0.351 e. The molecule has 0 aliphatic carbocycles. The van der Waals surface area contributed by atoms with Gasteiger partial charge in [-0.05, 0) is 12.8 Å². The van der Waals surface area contributed by atoms with Crippen molar-refractivity contribution in [2.45, 2.75) is 24.9 Å². The van der Waals surface area contributed by atoms with Gasteiger partial charge in [-0.25, -0.2) is 17.5 Å². The highest BCUT2D eigenvalue weighted by Gasteiger charge is 2.30. The molecule has 0 saturated carbocycles. The molecule has 0 radical (unpaired) electrons. The van der Waals surface area contributed by atoms with E-state index in [0.717, 1.165) is 0 Å². The van der Waals surface area contributed by atoms with Crippen LogP contribution >= 0.6 is 0 Å². The zero-order chi connectivity index (χ0) is 14.0. The maximum Gasteiger partial charge on any atom is 0.315 e.